The summed E-state index contributed by atoms with van der Waals surface area (Å²) in [6.45, 7) is 1.90. The normalized spacial score (nSPS) is 10.3. The molecule has 0 saturated heterocycles. The lowest BCUT2D eigenvalue weighted by atomic mass is 10.1. The van der Waals surface area contributed by atoms with Crippen LogP contribution < -0.4 is 5.32 Å². The van der Waals surface area contributed by atoms with Gasteiger partial charge in [0, 0.05) is 20.2 Å². The molecule has 5 heteroatoms. The van der Waals surface area contributed by atoms with Gasteiger partial charge in [-0.2, -0.15) is 0 Å². The van der Waals surface area contributed by atoms with Crippen LogP contribution in [0.15, 0.2) is 45.3 Å². The number of benzene rings is 2. The number of halogens is 3. The Morgan fingerprint density at radius 3 is 2.58 bits per heavy atom. The molecule has 0 radical (unpaired) electrons. The van der Waals surface area contributed by atoms with Gasteiger partial charge in [0.15, 0.2) is 0 Å². The van der Waals surface area contributed by atoms with Gasteiger partial charge in [0.05, 0.1) is 5.02 Å². The molecule has 19 heavy (non-hydrogen) atoms. The van der Waals surface area contributed by atoms with Crippen molar-refractivity contribution in [1.82, 2.24) is 0 Å². The molecule has 0 aliphatic carbocycles. The minimum absolute atomic E-state index is 0.155. The van der Waals surface area contributed by atoms with Crippen LogP contribution in [0.5, 0.6) is 0 Å². The van der Waals surface area contributed by atoms with Crippen molar-refractivity contribution in [3.05, 3.63) is 61.5 Å². The van der Waals surface area contributed by atoms with E-state index in [1.165, 1.54) is 0 Å². The molecule has 0 aliphatic rings. The molecule has 0 aromatic heterocycles. The average Bonchev–Trinajstić information content (AvgIpc) is 2.37. The zero-order valence-electron chi connectivity index (χ0n) is 10.0. The number of nitrogens with one attached hydrogen (secondary N) is 1. The molecular formula is C14H10Br2ClNO. The summed E-state index contributed by atoms with van der Waals surface area (Å²) in [5.74, 6) is -0.155. The summed E-state index contributed by atoms with van der Waals surface area (Å²) in [5, 5.41) is 3.39. The molecule has 0 saturated carbocycles. The van der Waals surface area contributed by atoms with E-state index in [4.69, 9.17) is 11.6 Å². The van der Waals surface area contributed by atoms with Gasteiger partial charge in [0.25, 0.3) is 5.91 Å². The first kappa shape index (κ1) is 14.6. The fraction of sp³-hybridized carbons (Fsp3) is 0.0714. The monoisotopic (exact) mass is 401 g/mol. The number of anilines is 1. The Balaban J connectivity index is 2.26. The molecule has 0 unspecified atom stereocenters. The number of rotatable bonds is 2. The first-order valence-corrected chi connectivity index (χ1v) is 7.47. The molecule has 0 bridgehead atoms. The molecule has 0 heterocycles. The number of amides is 1. The van der Waals surface area contributed by atoms with Crippen LogP contribution in [0, 0.1) is 6.92 Å². The highest BCUT2D eigenvalue weighted by Gasteiger charge is 2.11. The highest BCUT2D eigenvalue weighted by Crippen LogP contribution is 2.26. The standard InChI is InChI=1S/C14H10Br2ClNO/c1-8-10(3-2-4-11(8)15)14(19)18-9-5-6-12(16)13(17)7-9/h2-7H,1H3,(H,18,19). The van der Waals surface area contributed by atoms with Crippen LogP contribution in [0.4, 0.5) is 5.69 Å². The number of hydrogen-bond donors (Lipinski definition) is 1. The van der Waals surface area contributed by atoms with Crippen molar-refractivity contribution in [1.29, 1.82) is 0 Å². The van der Waals surface area contributed by atoms with E-state index in [2.05, 4.69) is 37.2 Å². The van der Waals surface area contributed by atoms with E-state index in [1.807, 2.05) is 19.1 Å². The topological polar surface area (TPSA) is 29.1 Å². The van der Waals surface area contributed by atoms with Crippen molar-refractivity contribution in [3.63, 3.8) is 0 Å². The van der Waals surface area contributed by atoms with Gasteiger partial charge in [-0.3, -0.25) is 4.79 Å². The molecule has 2 aromatic carbocycles. The van der Waals surface area contributed by atoms with E-state index in [9.17, 15) is 4.79 Å². The smallest absolute Gasteiger partial charge is 0.255 e. The Bertz CT molecular complexity index is 643. The predicted octanol–water partition coefficient (Wildman–Crippen LogP) is 5.43. The van der Waals surface area contributed by atoms with Crippen LogP contribution >= 0.6 is 43.5 Å². The third-order valence-electron chi connectivity index (χ3n) is 2.69. The van der Waals surface area contributed by atoms with E-state index < -0.39 is 0 Å². The quantitative estimate of drug-likeness (QED) is 0.712. The predicted molar refractivity (Wildman–Crippen MR) is 86.0 cm³/mol. The zero-order valence-corrected chi connectivity index (χ0v) is 13.9. The van der Waals surface area contributed by atoms with E-state index in [0.717, 1.165) is 14.5 Å². The summed E-state index contributed by atoms with van der Waals surface area (Å²) in [6, 6.07) is 10.8. The second-order valence-electron chi connectivity index (χ2n) is 4.00. The third-order valence-corrected chi connectivity index (χ3v) is 4.78. The minimum atomic E-state index is -0.155. The highest BCUT2D eigenvalue weighted by atomic mass is 79.9. The van der Waals surface area contributed by atoms with Crippen LogP contribution in [0.3, 0.4) is 0 Å². The van der Waals surface area contributed by atoms with Gasteiger partial charge in [-0.1, -0.05) is 33.6 Å². The Hall–Kier alpha value is -0.840. The van der Waals surface area contributed by atoms with Crippen LogP contribution in [0.25, 0.3) is 0 Å². The fourth-order valence-corrected chi connectivity index (χ4v) is 2.42. The largest absolute Gasteiger partial charge is 0.322 e. The van der Waals surface area contributed by atoms with Crippen LogP contribution in [0.2, 0.25) is 5.02 Å². The highest BCUT2D eigenvalue weighted by molar-refractivity contribution is 9.10. The maximum absolute atomic E-state index is 12.2. The lowest BCUT2D eigenvalue weighted by molar-refractivity contribution is 0.102. The maximum atomic E-state index is 12.2. The molecule has 2 rings (SSSR count). The Morgan fingerprint density at radius 1 is 1.16 bits per heavy atom. The van der Waals surface area contributed by atoms with E-state index in [-0.39, 0.29) is 5.91 Å². The summed E-state index contributed by atoms with van der Waals surface area (Å²) in [5.41, 5.74) is 2.20. The molecule has 2 aromatic rings. The Labute approximate surface area is 133 Å². The first-order chi connectivity index (χ1) is 8.99. The summed E-state index contributed by atoms with van der Waals surface area (Å²) < 4.78 is 1.71. The average molecular weight is 404 g/mol. The van der Waals surface area contributed by atoms with Crippen LogP contribution in [-0.4, -0.2) is 5.91 Å². The van der Waals surface area contributed by atoms with Crippen molar-refractivity contribution in [2.24, 2.45) is 0 Å². The van der Waals surface area contributed by atoms with Gasteiger partial charge in [-0.05, 0) is 58.7 Å². The molecule has 0 fully saturated rings. The minimum Gasteiger partial charge on any atom is -0.322 e. The van der Waals surface area contributed by atoms with Crippen molar-refractivity contribution < 1.29 is 4.79 Å². The summed E-state index contributed by atoms with van der Waals surface area (Å²) in [4.78, 5) is 12.2. The molecule has 0 atom stereocenters. The Kier molecular flexibility index (Phi) is 4.66. The number of hydrogen-bond acceptors (Lipinski definition) is 1. The molecular weight excluding hydrogens is 393 g/mol. The summed E-state index contributed by atoms with van der Waals surface area (Å²) >= 11 is 12.7. The van der Waals surface area contributed by atoms with Gasteiger partial charge >= 0.3 is 0 Å². The van der Waals surface area contributed by atoms with Crippen molar-refractivity contribution in [2.75, 3.05) is 5.32 Å². The molecule has 0 spiro atoms. The number of carbonyl (C=O) groups is 1. The SMILES string of the molecule is Cc1c(Br)cccc1C(=O)Nc1ccc(Br)c(Cl)c1. The lowest BCUT2D eigenvalue weighted by Gasteiger charge is -2.09. The molecule has 0 aliphatic heterocycles. The molecule has 98 valence electrons. The summed E-state index contributed by atoms with van der Waals surface area (Å²) in [6.07, 6.45) is 0. The van der Waals surface area contributed by atoms with Crippen molar-refractivity contribution >= 4 is 55.1 Å². The van der Waals surface area contributed by atoms with E-state index >= 15 is 0 Å². The van der Waals surface area contributed by atoms with Gasteiger partial charge in [0.2, 0.25) is 0 Å². The van der Waals surface area contributed by atoms with Crippen molar-refractivity contribution in [2.45, 2.75) is 6.92 Å². The third kappa shape index (κ3) is 3.38. The number of carbonyl (C=O) groups excluding carboxylic acids is 1. The van der Waals surface area contributed by atoms with E-state index in [0.29, 0.717) is 16.3 Å². The second kappa shape index (κ2) is 6.07. The summed E-state index contributed by atoms with van der Waals surface area (Å²) in [7, 11) is 0. The first-order valence-electron chi connectivity index (χ1n) is 5.50. The Morgan fingerprint density at radius 2 is 1.89 bits per heavy atom. The van der Waals surface area contributed by atoms with Crippen molar-refractivity contribution in [3.8, 4) is 0 Å². The van der Waals surface area contributed by atoms with Gasteiger partial charge in [0.1, 0.15) is 0 Å². The van der Waals surface area contributed by atoms with E-state index in [1.54, 1.807) is 24.3 Å². The molecule has 1 N–H and O–H groups in total. The molecule has 1 amide bonds. The van der Waals surface area contributed by atoms with Gasteiger partial charge in [-0.25, -0.2) is 0 Å². The van der Waals surface area contributed by atoms with Crippen LogP contribution in [-0.2, 0) is 0 Å². The molecule has 2 nitrogen and oxygen atoms in total. The maximum Gasteiger partial charge on any atom is 0.255 e. The lowest BCUT2D eigenvalue weighted by Crippen LogP contribution is -2.13. The second-order valence-corrected chi connectivity index (χ2v) is 6.11. The van der Waals surface area contributed by atoms with Crippen LogP contribution in [0.1, 0.15) is 15.9 Å². The van der Waals surface area contributed by atoms with Gasteiger partial charge < -0.3 is 5.32 Å². The zero-order chi connectivity index (χ0) is 14.0. The fourth-order valence-electron chi connectivity index (χ4n) is 1.63. The van der Waals surface area contributed by atoms with Gasteiger partial charge in [-0.15, -0.1) is 0 Å².